The molecule has 4 nitrogen and oxygen atoms in total. The maximum absolute atomic E-state index is 9.58. The largest absolute Gasteiger partial charge is 0.385 e. The summed E-state index contributed by atoms with van der Waals surface area (Å²) in [6.45, 7) is 1.78. The van der Waals surface area contributed by atoms with Gasteiger partial charge in [0.2, 0.25) is 0 Å². The number of pyridine rings is 1. The number of hydrogen-bond donors (Lipinski definition) is 3. The van der Waals surface area contributed by atoms with Crippen molar-refractivity contribution in [3.8, 4) is 0 Å². The molecular weight excluding hydrogens is 166 g/mol. The van der Waals surface area contributed by atoms with Crippen LogP contribution < -0.4 is 11.1 Å². The van der Waals surface area contributed by atoms with Gasteiger partial charge in [-0.15, -0.1) is 0 Å². The van der Waals surface area contributed by atoms with Gasteiger partial charge in [0.15, 0.2) is 0 Å². The van der Waals surface area contributed by atoms with Gasteiger partial charge in [-0.25, -0.2) is 0 Å². The van der Waals surface area contributed by atoms with Crippen molar-refractivity contribution in [3.05, 3.63) is 30.1 Å². The molecule has 4 N–H and O–H groups in total. The summed E-state index contributed by atoms with van der Waals surface area (Å²) in [4.78, 5) is 4.04. The Morgan fingerprint density at radius 1 is 1.54 bits per heavy atom. The van der Waals surface area contributed by atoms with E-state index in [2.05, 4.69) is 10.3 Å². The van der Waals surface area contributed by atoms with E-state index in [0.717, 1.165) is 0 Å². The lowest BCUT2D eigenvalue weighted by atomic mass is 10.2. The van der Waals surface area contributed by atoms with Crippen molar-refractivity contribution >= 4 is 0 Å². The van der Waals surface area contributed by atoms with Gasteiger partial charge in [-0.1, -0.05) is 6.07 Å². The Morgan fingerprint density at radius 3 is 3.00 bits per heavy atom. The monoisotopic (exact) mass is 181 g/mol. The van der Waals surface area contributed by atoms with Crippen molar-refractivity contribution in [1.29, 1.82) is 0 Å². The van der Waals surface area contributed by atoms with E-state index < -0.39 is 6.10 Å². The SMILES string of the molecule is NCCNCC(O)c1ccccn1. The number of hydrogen-bond acceptors (Lipinski definition) is 4. The zero-order valence-corrected chi connectivity index (χ0v) is 7.48. The molecule has 0 saturated carbocycles. The van der Waals surface area contributed by atoms with Crippen LogP contribution in [0.1, 0.15) is 11.8 Å². The molecule has 4 heteroatoms. The molecule has 0 amide bonds. The normalized spacial score (nSPS) is 12.8. The summed E-state index contributed by atoms with van der Waals surface area (Å²) < 4.78 is 0. The Hall–Kier alpha value is -0.970. The van der Waals surface area contributed by atoms with Gasteiger partial charge in [-0.3, -0.25) is 4.98 Å². The summed E-state index contributed by atoms with van der Waals surface area (Å²) in [5.41, 5.74) is 5.98. The van der Waals surface area contributed by atoms with Gasteiger partial charge < -0.3 is 16.2 Å². The molecule has 1 rings (SSSR count). The minimum absolute atomic E-state index is 0.494. The van der Waals surface area contributed by atoms with Crippen LogP contribution in [0.4, 0.5) is 0 Å². The molecular formula is C9H15N3O. The molecule has 0 bridgehead atoms. The third kappa shape index (κ3) is 3.50. The summed E-state index contributed by atoms with van der Waals surface area (Å²) in [7, 11) is 0. The van der Waals surface area contributed by atoms with Crippen LogP contribution in [0.15, 0.2) is 24.4 Å². The molecule has 0 aromatic carbocycles. The van der Waals surface area contributed by atoms with Crippen molar-refractivity contribution in [2.45, 2.75) is 6.10 Å². The lowest BCUT2D eigenvalue weighted by Gasteiger charge is -2.09. The smallest absolute Gasteiger partial charge is 0.108 e. The molecule has 0 spiro atoms. The number of aliphatic hydroxyl groups is 1. The second kappa shape index (κ2) is 5.64. The van der Waals surface area contributed by atoms with Gasteiger partial charge in [0.25, 0.3) is 0 Å². The van der Waals surface area contributed by atoms with Gasteiger partial charge in [0.1, 0.15) is 6.10 Å². The Labute approximate surface area is 77.8 Å². The summed E-state index contributed by atoms with van der Waals surface area (Å²) in [6.07, 6.45) is 1.12. The molecule has 1 unspecified atom stereocenters. The standard InChI is InChI=1S/C9H15N3O/c10-4-6-11-7-9(13)8-3-1-2-5-12-8/h1-3,5,9,11,13H,4,6-7,10H2. The molecule has 13 heavy (non-hydrogen) atoms. The van der Waals surface area contributed by atoms with E-state index in [4.69, 9.17) is 5.73 Å². The molecule has 1 atom stereocenters. The maximum atomic E-state index is 9.58. The zero-order valence-electron chi connectivity index (χ0n) is 7.48. The third-order valence-corrected chi connectivity index (χ3v) is 1.69. The predicted molar refractivity (Wildman–Crippen MR) is 51.1 cm³/mol. The molecule has 0 aliphatic rings. The zero-order chi connectivity index (χ0) is 9.52. The lowest BCUT2D eigenvalue weighted by molar-refractivity contribution is 0.170. The van der Waals surface area contributed by atoms with Gasteiger partial charge >= 0.3 is 0 Å². The van der Waals surface area contributed by atoms with Crippen LogP contribution in [0.25, 0.3) is 0 Å². The van der Waals surface area contributed by atoms with E-state index in [1.807, 2.05) is 12.1 Å². The Morgan fingerprint density at radius 2 is 2.38 bits per heavy atom. The number of nitrogens with zero attached hydrogens (tertiary/aromatic N) is 1. The number of nitrogens with one attached hydrogen (secondary N) is 1. The average molecular weight is 181 g/mol. The lowest BCUT2D eigenvalue weighted by Crippen LogP contribution is -2.27. The molecule has 1 heterocycles. The van der Waals surface area contributed by atoms with Crippen molar-refractivity contribution in [2.75, 3.05) is 19.6 Å². The minimum atomic E-state index is -0.548. The Balaban J connectivity index is 2.35. The van der Waals surface area contributed by atoms with E-state index in [-0.39, 0.29) is 0 Å². The van der Waals surface area contributed by atoms with Crippen LogP contribution in [0.2, 0.25) is 0 Å². The molecule has 1 aromatic rings. The summed E-state index contributed by atoms with van der Waals surface area (Å²) in [5, 5.41) is 12.6. The van der Waals surface area contributed by atoms with Crippen molar-refractivity contribution in [3.63, 3.8) is 0 Å². The first-order chi connectivity index (χ1) is 6.34. The summed E-state index contributed by atoms with van der Waals surface area (Å²) in [6, 6.07) is 5.48. The topological polar surface area (TPSA) is 71.2 Å². The molecule has 72 valence electrons. The van der Waals surface area contributed by atoms with Gasteiger partial charge in [0, 0.05) is 25.8 Å². The first kappa shape index (κ1) is 10.1. The second-order valence-electron chi connectivity index (χ2n) is 2.76. The van der Waals surface area contributed by atoms with Crippen molar-refractivity contribution in [1.82, 2.24) is 10.3 Å². The van der Waals surface area contributed by atoms with Gasteiger partial charge in [0.05, 0.1) is 5.69 Å². The fourth-order valence-corrected chi connectivity index (χ4v) is 1.02. The average Bonchev–Trinajstić information content (AvgIpc) is 2.19. The molecule has 0 saturated heterocycles. The number of aliphatic hydroxyl groups excluding tert-OH is 1. The fourth-order valence-electron chi connectivity index (χ4n) is 1.02. The van der Waals surface area contributed by atoms with E-state index in [0.29, 0.717) is 25.3 Å². The van der Waals surface area contributed by atoms with Crippen LogP contribution >= 0.6 is 0 Å². The van der Waals surface area contributed by atoms with Crippen molar-refractivity contribution < 1.29 is 5.11 Å². The molecule has 0 fully saturated rings. The molecule has 1 aromatic heterocycles. The minimum Gasteiger partial charge on any atom is -0.385 e. The highest BCUT2D eigenvalue weighted by Gasteiger charge is 2.06. The number of nitrogens with two attached hydrogens (primary N) is 1. The third-order valence-electron chi connectivity index (χ3n) is 1.69. The van der Waals surface area contributed by atoms with E-state index >= 15 is 0 Å². The number of rotatable bonds is 5. The molecule has 0 aliphatic heterocycles. The fraction of sp³-hybridized carbons (Fsp3) is 0.444. The highest BCUT2D eigenvalue weighted by atomic mass is 16.3. The van der Waals surface area contributed by atoms with Gasteiger partial charge in [-0.2, -0.15) is 0 Å². The van der Waals surface area contributed by atoms with Gasteiger partial charge in [-0.05, 0) is 12.1 Å². The Kier molecular flexibility index (Phi) is 4.39. The maximum Gasteiger partial charge on any atom is 0.108 e. The molecule has 0 radical (unpaired) electrons. The second-order valence-corrected chi connectivity index (χ2v) is 2.76. The predicted octanol–water partition coefficient (Wildman–Crippen LogP) is -0.337. The highest BCUT2D eigenvalue weighted by Crippen LogP contribution is 2.06. The van der Waals surface area contributed by atoms with Crippen LogP contribution in [0.3, 0.4) is 0 Å². The highest BCUT2D eigenvalue weighted by molar-refractivity contribution is 5.06. The van der Waals surface area contributed by atoms with E-state index in [9.17, 15) is 5.11 Å². The van der Waals surface area contributed by atoms with Crippen LogP contribution in [-0.4, -0.2) is 29.7 Å². The Bertz CT molecular complexity index is 228. The van der Waals surface area contributed by atoms with Crippen LogP contribution in [-0.2, 0) is 0 Å². The van der Waals surface area contributed by atoms with Crippen LogP contribution in [0.5, 0.6) is 0 Å². The quantitative estimate of drug-likeness (QED) is 0.544. The first-order valence-electron chi connectivity index (χ1n) is 4.34. The van der Waals surface area contributed by atoms with E-state index in [1.165, 1.54) is 0 Å². The van der Waals surface area contributed by atoms with Crippen molar-refractivity contribution in [2.24, 2.45) is 5.73 Å². The summed E-state index contributed by atoms with van der Waals surface area (Å²) in [5.74, 6) is 0. The first-order valence-corrected chi connectivity index (χ1v) is 4.34. The van der Waals surface area contributed by atoms with Crippen LogP contribution in [0, 0.1) is 0 Å². The summed E-state index contributed by atoms with van der Waals surface area (Å²) >= 11 is 0. The van der Waals surface area contributed by atoms with E-state index in [1.54, 1.807) is 12.3 Å². The molecule has 0 aliphatic carbocycles. The number of aromatic nitrogens is 1.